The zero-order chi connectivity index (χ0) is 22.3. The first-order chi connectivity index (χ1) is 15.7. The molecule has 32 heavy (non-hydrogen) atoms. The predicted molar refractivity (Wildman–Crippen MR) is 115 cm³/mol. The fraction of sp³-hybridized carbons (Fsp3) is 0.130. The van der Waals surface area contributed by atoms with Gasteiger partial charge in [-0.05, 0) is 46.7 Å². The highest BCUT2D eigenvalue weighted by molar-refractivity contribution is 5.93. The molecule has 4 rings (SSSR count). The van der Waals surface area contributed by atoms with Gasteiger partial charge in [-0.15, -0.1) is 10.2 Å². The molecule has 9 nitrogen and oxygen atoms in total. The van der Waals surface area contributed by atoms with Crippen LogP contribution in [0.25, 0.3) is 11.4 Å². The Morgan fingerprint density at radius 3 is 2.50 bits per heavy atom. The van der Waals surface area contributed by atoms with Crippen LogP contribution in [0.2, 0.25) is 0 Å². The number of amides is 1. The van der Waals surface area contributed by atoms with Gasteiger partial charge in [-0.2, -0.15) is 4.80 Å². The molecule has 1 amide bonds. The van der Waals surface area contributed by atoms with Crippen molar-refractivity contribution in [3.05, 3.63) is 89.5 Å². The molecule has 0 aliphatic heterocycles. The van der Waals surface area contributed by atoms with E-state index in [0.717, 1.165) is 16.7 Å². The topological polar surface area (TPSA) is 111 Å². The molecule has 2 N–H and O–H groups in total. The summed E-state index contributed by atoms with van der Waals surface area (Å²) in [6.07, 6.45) is 0. The summed E-state index contributed by atoms with van der Waals surface area (Å²) in [6, 6.07) is 22.1. The maximum absolute atomic E-state index is 11.4. The van der Waals surface area contributed by atoms with E-state index < -0.39 is 5.91 Å². The molecular weight excluding hydrogens is 410 g/mol. The Bertz CT molecular complexity index is 1190. The molecule has 3 aromatic carbocycles. The summed E-state index contributed by atoms with van der Waals surface area (Å²) in [5, 5.41) is 21.4. The van der Waals surface area contributed by atoms with Crippen molar-refractivity contribution in [1.82, 2.24) is 25.7 Å². The summed E-state index contributed by atoms with van der Waals surface area (Å²) in [5.41, 5.74) is 4.63. The lowest BCUT2D eigenvalue weighted by Crippen LogP contribution is -2.18. The molecule has 0 saturated heterocycles. The van der Waals surface area contributed by atoms with E-state index >= 15 is 0 Å². The first kappa shape index (κ1) is 21.0. The van der Waals surface area contributed by atoms with Crippen molar-refractivity contribution in [2.45, 2.75) is 13.2 Å². The van der Waals surface area contributed by atoms with E-state index in [2.05, 4.69) is 15.4 Å². The van der Waals surface area contributed by atoms with Crippen LogP contribution in [0.15, 0.2) is 72.8 Å². The molecule has 0 aliphatic rings. The van der Waals surface area contributed by atoms with E-state index in [1.165, 1.54) is 4.80 Å². The first-order valence-corrected chi connectivity index (χ1v) is 9.82. The fourth-order valence-corrected chi connectivity index (χ4v) is 3.08. The monoisotopic (exact) mass is 431 g/mol. The number of ether oxygens (including phenoxy) is 2. The van der Waals surface area contributed by atoms with E-state index in [1.54, 1.807) is 42.9 Å². The Balaban J connectivity index is 1.48. The number of aromatic nitrogens is 4. The summed E-state index contributed by atoms with van der Waals surface area (Å²) in [7, 11) is 1.59. The van der Waals surface area contributed by atoms with Crippen LogP contribution in [0.4, 0.5) is 0 Å². The first-order valence-electron chi connectivity index (χ1n) is 9.82. The number of nitrogens with one attached hydrogen (secondary N) is 1. The molecule has 0 fully saturated rings. The van der Waals surface area contributed by atoms with E-state index in [4.69, 9.17) is 14.7 Å². The van der Waals surface area contributed by atoms with Gasteiger partial charge in [0, 0.05) is 11.1 Å². The van der Waals surface area contributed by atoms with Crippen LogP contribution >= 0.6 is 0 Å². The van der Waals surface area contributed by atoms with Gasteiger partial charge in [0.15, 0.2) is 11.5 Å². The van der Waals surface area contributed by atoms with Crippen molar-refractivity contribution in [3.63, 3.8) is 0 Å². The maximum Gasteiger partial charge on any atom is 0.274 e. The molecule has 1 aromatic heterocycles. The third kappa shape index (κ3) is 4.90. The molecule has 0 aliphatic carbocycles. The van der Waals surface area contributed by atoms with E-state index in [-0.39, 0.29) is 0 Å². The van der Waals surface area contributed by atoms with Crippen molar-refractivity contribution in [3.8, 4) is 22.9 Å². The number of carbonyl (C=O) groups excluding carboxylic acids is 1. The lowest BCUT2D eigenvalue weighted by molar-refractivity contribution is 0.0706. The van der Waals surface area contributed by atoms with Crippen LogP contribution in [-0.2, 0) is 13.2 Å². The van der Waals surface area contributed by atoms with Crippen LogP contribution in [0.1, 0.15) is 21.5 Å². The molecule has 0 radical (unpaired) electrons. The Hall–Kier alpha value is -4.24. The molecule has 0 unspecified atom stereocenters. The molecule has 0 bridgehead atoms. The normalized spacial score (nSPS) is 10.6. The van der Waals surface area contributed by atoms with Gasteiger partial charge in [0.05, 0.1) is 13.7 Å². The minimum atomic E-state index is -0.567. The number of benzene rings is 3. The maximum atomic E-state index is 11.4. The van der Waals surface area contributed by atoms with E-state index in [9.17, 15) is 4.79 Å². The summed E-state index contributed by atoms with van der Waals surface area (Å²) in [4.78, 5) is 12.9. The second-order valence-electron chi connectivity index (χ2n) is 6.92. The van der Waals surface area contributed by atoms with Gasteiger partial charge >= 0.3 is 0 Å². The Morgan fingerprint density at radius 2 is 1.78 bits per heavy atom. The molecule has 4 aromatic rings. The van der Waals surface area contributed by atoms with Gasteiger partial charge in [0.25, 0.3) is 5.91 Å². The standard InChI is InChI=1S/C23H21N5O4/c1-31-20-12-11-19(13-21(20)32-15-17-5-3-2-4-6-17)22-24-27-28(25-22)14-16-7-9-18(10-8-16)23(29)26-30/h2-13,30H,14-15H2,1H3,(H,26,29). The third-order valence-corrected chi connectivity index (χ3v) is 4.75. The molecule has 0 atom stereocenters. The minimum Gasteiger partial charge on any atom is -0.493 e. The molecular formula is C23H21N5O4. The van der Waals surface area contributed by atoms with Gasteiger partial charge in [0.1, 0.15) is 6.61 Å². The van der Waals surface area contributed by atoms with Crippen molar-refractivity contribution < 1.29 is 19.5 Å². The van der Waals surface area contributed by atoms with Gasteiger partial charge in [0.2, 0.25) is 5.82 Å². The highest BCUT2D eigenvalue weighted by Gasteiger charge is 2.12. The zero-order valence-electron chi connectivity index (χ0n) is 17.3. The van der Waals surface area contributed by atoms with E-state index in [1.807, 2.05) is 42.5 Å². The summed E-state index contributed by atoms with van der Waals surface area (Å²) >= 11 is 0. The van der Waals surface area contributed by atoms with Gasteiger partial charge in [-0.3, -0.25) is 10.0 Å². The van der Waals surface area contributed by atoms with Crippen LogP contribution in [0.5, 0.6) is 11.5 Å². The van der Waals surface area contributed by atoms with Gasteiger partial charge in [-0.1, -0.05) is 42.5 Å². The Labute approximate surface area is 184 Å². The fourth-order valence-electron chi connectivity index (χ4n) is 3.08. The molecule has 0 saturated carbocycles. The molecule has 9 heteroatoms. The second-order valence-corrected chi connectivity index (χ2v) is 6.92. The largest absolute Gasteiger partial charge is 0.493 e. The van der Waals surface area contributed by atoms with Crippen molar-refractivity contribution in [2.75, 3.05) is 7.11 Å². The molecule has 162 valence electrons. The number of methoxy groups -OCH3 is 1. The predicted octanol–water partition coefficient (Wildman–Crippen LogP) is 3.10. The Kier molecular flexibility index (Phi) is 6.38. The second kappa shape index (κ2) is 9.71. The van der Waals surface area contributed by atoms with Crippen molar-refractivity contribution in [1.29, 1.82) is 0 Å². The lowest BCUT2D eigenvalue weighted by Gasteiger charge is -2.11. The minimum absolute atomic E-state index is 0.352. The lowest BCUT2D eigenvalue weighted by atomic mass is 10.1. The molecule has 1 heterocycles. The Morgan fingerprint density at radius 1 is 1.00 bits per heavy atom. The highest BCUT2D eigenvalue weighted by atomic mass is 16.5. The summed E-state index contributed by atoms with van der Waals surface area (Å²) in [5.74, 6) is 1.09. The zero-order valence-corrected chi connectivity index (χ0v) is 17.3. The number of carbonyl (C=O) groups is 1. The number of hydrogen-bond acceptors (Lipinski definition) is 7. The summed E-state index contributed by atoms with van der Waals surface area (Å²) in [6.45, 7) is 0.784. The van der Waals surface area contributed by atoms with Crippen LogP contribution in [0, 0.1) is 0 Å². The quantitative estimate of drug-likeness (QED) is 0.326. The third-order valence-electron chi connectivity index (χ3n) is 4.75. The average Bonchev–Trinajstić information content (AvgIpc) is 3.31. The van der Waals surface area contributed by atoms with Gasteiger partial charge < -0.3 is 9.47 Å². The number of nitrogens with zero attached hydrogens (tertiary/aromatic N) is 4. The van der Waals surface area contributed by atoms with E-state index in [0.29, 0.717) is 36.0 Å². The number of tetrazole rings is 1. The number of hydrogen-bond donors (Lipinski definition) is 2. The molecule has 0 spiro atoms. The average molecular weight is 431 g/mol. The van der Waals surface area contributed by atoms with Crippen molar-refractivity contribution in [2.24, 2.45) is 0 Å². The van der Waals surface area contributed by atoms with Crippen molar-refractivity contribution >= 4 is 5.91 Å². The number of rotatable bonds is 8. The SMILES string of the molecule is COc1ccc(-c2nnn(Cc3ccc(C(=O)NO)cc3)n2)cc1OCc1ccccc1. The van der Waals surface area contributed by atoms with Crippen LogP contribution in [0.3, 0.4) is 0 Å². The smallest absolute Gasteiger partial charge is 0.274 e. The van der Waals surface area contributed by atoms with Crippen LogP contribution < -0.4 is 15.0 Å². The highest BCUT2D eigenvalue weighted by Crippen LogP contribution is 2.31. The van der Waals surface area contributed by atoms with Crippen LogP contribution in [-0.4, -0.2) is 38.4 Å². The van der Waals surface area contributed by atoms with Gasteiger partial charge in [-0.25, -0.2) is 5.48 Å². The number of hydroxylamine groups is 1. The summed E-state index contributed by atoms with van der Waals surface area (Å²) < 4.78 is 11.4.